The fourth-order valence-electron chi connectivity index (χ4n) is 2.66. The number of rotatable bonds is 5. The number of β-amino-alcohol motifs (C(OH)–C–C–N with tert-alkyl or cyclic N) is 1. The molecule has 5 heteroatoms. The van der Waals surface area contributed by atoms with E-state index in [0.717, 1.165) is 12.0 Å². The maximum atomic E-state index is 12.2. The number of aliphatic carboxylic acids is 1. The molecule has 1 aromatic carbocycles. The summed E-state index contributed by atoms with van der Waals surface area (Å²) in [7, 11) is 0. The van der Waals surface area contributed by atoms with Crippen LogP contribution in [-0.2, 0) is 22.4 Å². The highest BCUT2D eigenvalue weighted by Gasteiger charge is 2.38. The van der Waals surface area contributed by atoms with E-state index in [2.05, 4.69) is 6.92 Å². The van der Waals surface area contributed by atoms with Gasteiger partial charge in [-0.3, -0.25) is 4.79 Å². The summed E-state index contributed by atoms with van der Waals surface area (Å²) in [5.41, 5.74) is 2.31. The van der Waals surface area contributed by atoms with Gasteiger partial charge in [-0.05, 0) is 24.0 Å². The molecule has 1 fully saturated rings. The third-order valence-corrected chi connectivity index (χ3v) is 3.94. The molecule has 0 saturated carbocycles. The van der Waals surface area contributed by atoms with Crippen molar-refractivity contribution in [1.29, 1.82) is 0 Å². The molecule has 21 heavy (non-hydrogen) atoms. The van der Waals surface area contributed by atoms with Crippen molar-refractivity contribution in [3.8, 4) is 0 Å². The Morgan fingerprint density at radius 3 is 2.43 bits per heavy atom. The molecule has 0 aliphatic carbocycles. The number of aryl methyl sites for hydroxylation is 2. The van der Waals surface area contributed by atoms with E-state index in [9.17, 15) is 14.7 Å². The minimum absolute atomic E-state index is 0.116. The predicted molar refractivity (Wildman–Crippen MR) is 77.9 cm³/mol. The molecule has 0 spiro atoms. The summed E-state index contributed by atoms with van der Waals surface area (Å²) in [5.74, 6) is -1.26. The Morgan fingerprint density at radius 2 is 1.86 bits per heavy atom. The van der Waals surface area contributed by atoms with Gasteiger partial charge >= 0.3 is 5.97 Å². The maximum absolute atomic E-state index is 12.2. The number of nitrogens with zero attached hydrogens (tertiary/aromatic N) is 1. The minimum Gasteiger partial charge on any atom is -0.480 e. The second-order valence-corrected chi connectivity index (χ2v) is 5.46. The lowest BCUT2D eigenvalue weighted by molar-refractivity contribution is -0.148. The zero-order chi connectivity index (χ0) is 15.4. The number of carbonyl (C=O) groups is 2. The van der Waals surface area contributed by atoms with Crippen LogP contribution in [-0.4, -0.2) is 45.7 Å². The van der Waals surface area contributed by atoms with Crippen molar-refractivity contribution in [1.82, 2.24) is 4.90 Å². The van der Waals surface area contributed by atoms with Crippen molar-refractivity contribution in [3.63, 3.8) is 0 Å². The van der Waals surface area contributed by atoms with Crippen molar-refractivity contribution in [2.45, 2.75) is 44.8 Å². The summed E-state index contributed by atoms with van der Waals surface area (Å²) in [6.07, 6.45) is 1.21. The molecule has 2 rings (SSSR count). The molecule has 1 heterocycles. The number of hydrogen-bond acceptors (Lipinski definition) is 3. The number of hydrogen-bond donors (Lipinski definition) is 2. The van der Waals surface area contributed by atoms with E-state index in [-0.39, 0.29) is 25.3 Å². The normalized spacial score (nSPS) is 21.5. The van der Waals surface area contributed by atoms with Gasteiger partial charge in [0.2, 0.25) is 5.91 Å². The van der Waals surface area contributed by atoms with Crippen LogP contribution in [0.25, 0.3) is 0 Å². The van der Waals surface area contributed by atoms with Crippen molar-refractivity contribution in [2.24, 2.45) is 0 Å². The topological polar surface area (TPSA) is 77.8 Å². The Bertz CT molecular complexity index is 512. The van der Waals surface area contributed by atoms with Crippen molar-refractivity contribution in [2.75, 3.05) is 6.54 Å². The summed E-state index contributed by atoms with van der Waals surface area (Å²) < 4.78 is 0. The van der Waals surface area contributed by atoms with Crippen LogP contribution in [0.3, 0.4) is 0 Å². The molecule has 1 aromatic rings. The number of likely N-dealkylation sites (tertiary alicyclic amines) is 1. The summed E-state index contributed by atoms with van der Waals surface area (Å²) in [4.78, 5) is 24.5. The first-order chi connectivity index (χ1) is 10.0. The molecular formula is C16H21NO4. The summed E-state index contributed by atoms with van der Waals surface area (Å²) in [6, 6.07) is 7.19. The highest BCUT2D eigenvalue weighted by Crippen LogP contribution is 2.20. The molecule has 0 bridgehead atoms. The van der Waals surface area contributed by atoms with E-state index in [0.29, 0.717) is 6.42 Å². The Kier molecular flexibility index (Phi) is 4.96. The van der Waals surface area contributed by atoms with Gasteiger partial charge in [-0.1, -0.05) is 31.2 Å². The lowest BCUT2D eigenvalue weighted by Gasteiger charge is -2.21. The predicted octanol–water partition coefficient (Wildman–Crippen LogP) is 1.23. The van der Waals surface area contributed by atoms with Crippen LogP contribution in [0.2, 0.25) is 0 Å². The number of benzene rings is 1. The molecule has 2 N–H and O–H groups in total. The first-order valence-electron chi connectivity index (χ1n) is 7.29. The van der Waals surface area contributed by atoms with Gasteiger partial charge in [0.25, 0.3) is 0 Å². The van der Waals surface area contributed by atoms with Crippen molar-refractivity contribution >= 4 is 11.9 Å². The summed E-state index contributed by atoms with van der Waals surface area (Å²) >= 11 is 0. The zero-order valence-corrected chi connectivity index (χ0v) is 12.2. The summed E-state index contributed by atoms with van der Waals surface area (Å²) in [6.45, 7) is 2.20. The first-order valence-corrected chi connectivity index (χ1v) is 7.29. The Morgan fingerprint density at radius 1 is 1.24 bits per heavy atom. The molecular weight excluding hydrogens is 270 g/mol. The largest absolute Gasteiger partial charge is 0.480 e. The Balaban J connectivity index is 1.92. The molecule has 0 aromatic heterocycles. The van der Waals surface area contributed by atoms with Gasteiger partial charge in [0, 0.05) is 19.4 Å². The number of carboxylic acid groups (broad SMARTS) is 1. The molecule has 114 valence electrons. The SMILES string of the molecule is CCc1ccc(CCC(=O)N2C[C@H](O)C[C@@H]2C(=O)O)cc1. The second-order valence-electron chi connectivity index (χ2n) is 5.46. The van der Waals surface area contributed by atoms with Crippen molar-refractivity contribution in [3.05, 3.63) is 35.4 Å². The van der Waals surface area contributed by atoms with Crippen LogP contribution < -0.4 is 0 Å². The van der Waals surface area contributed by atoms with E-state index in [1.54, 1.807) is 0 Å². The monoisotopic (exact) mass is 291 g/mol. The van der Waals surface area contributed by atoms with Gasteiger partial charge in [0.15, 0.2) is 0 Å². The second kappa shape index (κ2) is 6.72. The van der Waals surface area contributed by atoms with Crippen LogP contribution >= 0.6 is 0 Å². The summed E-state index contributed by atoms with van der Waals surface area (Å²) in [5, 5.41) is 18.6. The number of carbonyl (C=O) groups excluding carboxylic acids is 1. The van der Waals surface area contributed by atoms with Gasteiger partial charge in [-0.15, -0.1) is 0 Å². The Hall–Kier alpha value is -1.88. The zero-order valence-electron chi connectivity index (χ0n) is 12.2. The molecule has 1 aliphatic rings. The van der Waals surface area contributed by atoms with Gasteiger partial charge in [-0.25, -0.2) is 4.79 Å². The Labute approximate surface area is 124 Å². The molecule has 1 aliphatic heterocycles. The van der Waals surface area contributed by atoms with Gasteiger partial charge < -0.3 is 15.1 Å². The number of carboxylic acids is 1. The molecule has 0 unspecified atom stereocenters. The molecule has 1 saturated heterocycles. The highest BCUT2D eigenvalue weighted by atomic mass is 16.4. The van der Waals surface area contributed by atoms with E-state index in [1.807, 2.05) is 24.3 Å². The van der Waals surface area contributed by atoms with Crippen LogP contribution in [0.5, 0.6) is 0 Å². The third kappa shape index (κ3) is 3.82. The standard InChI is InChI=1S/C16H21NO4/c1-2-11-3-5-12(6-4-11)7-8-15(19)17-10-13(18)9-14(17)16(20)21/h3-6,13-14,18H,2,7-10H2,1H3,(H,20,21)/t13-,14-/m1/s1. The number of aliphatic hydroxyl groups excluding tert-OH is 1. The lowest BCUT2D eigenvalue weighted by atomic mass is 10.1. The highest BCUT2D eigenvalue weighted by molar-refractivity contribution is 5.84. The first kappa shape index (κ1) is 15.5. The molecule has 0 radical (unpaired) electrons. The smallest absolute Gasteiger partial charge is 0.326 e. The quantitative estimate of drug-likeness (QED) is 0.855. The maximum Gasteiger partial charge on any atom is 0.326 e. The van der Waals surface area contributed by atoms with E-state index in [1.165, 1.54) is 10.5 Å². The fourth-order valence-corrected chi connectivity index (χ4v) is 2.66. The number of amides is 1. The third-order valence-electron chi connectivity index (χ3n) is 3.94. The molecule has 1 amide bonds. The van der Waals surface area contributed by atoms with Crippen molar-refractivity contribution < 1.29 is 19.8 Å². The average molecular weight is 291 g/mol. The van der Waals surface area contributed by atoms with E-state index in [4.69, 9.17) is 5.11 Å². The average Bonchev–Trinajstić information content (AvgIpc) is 2.87. The van der Waals surface area contributed by atoms with Gasteiger partial charge in [-0.2, -0.15) is 0 Å². The van der Waals surface area contributed by atoms with Gasteiger partial charge in [0.1, 0.15) is 6.04 Å². The van der Waals surface area contributed by atoms with Crippen LogP contribution in [0.4, 0.5) is 0 Å². The van der Waals surface area contributed by atoms with Crippen LogP contribution in [0, 0.1) is 0 Å². The fraction of sp³-hybridized carbons (Fsp3) is 0.500. The lowest BCUT2D eigenvalue weighted by Crippen LogP contribution is -2.40. The minimum atomic E-state index is -1.05. The molecule has 2 atom stereocenters. The van der Waals surface area contributed by atoms with Crippen LogP contribution in [0.15, 0.2) is 24.3 Å². The van der Waals surface area contributed by atoms with E-state index >= 15 is 0 Å². The van der Waals surface area contributed by atoms with Gasteiger partial charge in [0.05, 0.1) is 6.10 Å². The number of aliphatic hydroxyl groups is 1. The molecule has 5 nitrogen and oxygen atoms in total. The van der Waals surface area contributed by atoms with E-state index < -0.39 is 18.1 Å². The van der Waals surface area contributed by atoms with Crippen LogP contribution in [0.1, 0.15) is 30.9 Å².